The number of benzene rings is 1. The average Bonchev–Trinajstić information content (AvgIpc) is 3.11. The van der Waals surface area contributed by atoms with E-state index in [4.69, 9.17) is 4.74 Å². The van der Waals surface area contributed by atoms with Gasteiger partial charge < -0.3 is 15.4 Å². The summed E-state index contributed by atoms with van der Waals surface area (Å²) in [5.74, 6) is -0.106. The van der Waals surface area contributed by atoms with Gasteiger partial charge in [0, 0.05) is 30.0 Å². The van der Waals surface area contributed by atoms with Gasteiger partial charge in [0.25, 0.3) is 5.91 Å². The van der Waals surface area contributed by atoms with E-state index in [-0.39, 0.29) is 11.3 Å². The van der Waals surface area contributed by atoms with Crippen molar-refractivity contribution in [2.75, 3.05) is 33.4 Å². The van der Waals surface area contributed by atoms with E-state index in [2.05, 4.69) is 28.6 Å². The van der Waals surface area contributed by atoms with Gasteiger partial charge in [0.05, 0.1) is 6.61 Å². The van der Waals surface area contributed by atoms with E-state index in [1.807, 2.05) is 23.6 Å². The molecule has 1 aliphatic heterocycles. The van der Waals surface area contributed by atoms with Gasteiger partial charge in [-0.1, -0.05) is 24.3 Å². The highest BCUT2D eigenvalue weighted by atomic mass is 32.1. The molecular weight excluding hydrogens is 334 g/mol. The maximum Gasteiger partial charge on any atom is 0.270 e. The lowest BCUT2D eigenvalue weighted by Gasteiger charge is -2.37. The molecule has 0 bridgehead atoms. The molecule has 2 aromatic rings. The van der Waals surface area contributed by atoms with Crippen molar-refractivity contribution >= 4 is 17.2 Å². The predicted molar refractivity (Wildman–Crippen MR) is 101 cm³/mol. The highest BCUT2D eigenvalue weighted by molar-refractivity contribution is 7.13. The predicted octanol–water partition coefficient (Wildman–Crippen LogP) is 2.86. The molecule has 0 unspecified atom stereocenters. The first-order chi connectivity index (χ1) is 12.1. The minimum Gasteiger partial charge on any atom is -0.384 e. The summed E-state index contributed by atoms with van der Waals surface area (Å²) < 4.78 is 5.41. The molecule has 0 radical (unpaired) electrons. The second-order valence-corrected chi connectivity index (χ2v) is 7.58. The number of carbonyl (C=O) groups excluding carboxylic acids is 1. The Labute approximate surface area is 152 Å². The number of nitrogens with zero attached hydrogens (tertiary/aromatic N) is 1. The number of aryl methyl sites for hydroxylation is 1. The minimum absolute atomic E-state index is 0.0184. The molecule has 1 amide bonds. The zero-order valence-corrected chi connectivity index (χ0v) is 15.6. The van der Waals surface area contributed by atoms with E-state index < -0.39 is 0 Å². The van der Waals surface area contributed by atoms with E-state index in [9.17, 15) is 4.79 Å². The fourth-order valence-electron chi connectivity index (χ4n) is 3.31. The van der Waals surface area contributed by atoms with Gasteiger partial charge >= 0.3 is 0 Å². The fraction of sp³-hybridized carbons (Fsp3) is 0.474. The van der Waals surface area contributed by atoms with Gasteiger partial charge in [0.15, 0.2) is 0 Å². The molecular formula is C19H25N3O2S. The number of hydrogen-bond donors (Lipinski definition) is 2. The SMILES string of the molecule is COCC1(CNC(=O)c2csc(-c3ccccc3C)n2)CCNCC1. The van der Waals surface area contributed by atoms with E-state index in [0.29, 0.717) is 18.8 Å². The van der Waals surface area contributed by atoms with Crippen LogP contribution >= 0.6 is 11.3 Å². The normalized spacial score (nSPS) is 16.6. The summed E-state index contributed by atoms with van der Waals surface area (Å²) in [5.41, 5.74) is 2.76. The zero-order valence-electron chi connectivity index (χ0n) is 14.8. The van der Waals surface area contributed by atoms with Crippen LogP contribution in [0.1, 0.15) is 28.9 Å². The number of piperidine rings is 1. The molecule has 1 aliphatic rings. The molecule has 2 heterocycles. The summed E-state index contributed by atoms with van der Waals surface area (Å²) in [6.07, 6.45) is 2.01. The molecule has 134 valence electrons. The summed E-state index contributed by atoms with van der Waals surface area (Å²) in [7, 11) is 1.72. The largest absolute Gasteiger partial charge is 0.384 e. The maximum absolute atomic E-state index is 12.5. The van der Waals surface area contributed by atoms with Crippen LogP contribution in [0.15, 0.2) is 29.6 Å². The Morgan fingerprint density at radius 1 is 1.36 bits per heavy atom. The number of hydrogen-bond acceptors (Lipinski definition) is 5. The van der Waals surface area contributed by atoms with Crippen molar-refractivity contribution in [2.45, 2.75) is 19.8 Å². The number of ether oxygens (including phenoxy) is 1. The van der Waals surface area contributed by atoms with Crippen molar-refractivity contribution < 1.29 is 9.53 Å². The van der Waals surface area contributed by atoms with Gasteiger partial charge in [-0.2, -0.15) is 0 Å². The monoisotopic (exact) mass is 359 g/mol. The van der Waals surface area contributed by atoms with Crippen LogP contribution < -0.4 is 10.6 Å². The Kier molecular flexibility index (Phi) is 5.83. The van der Waals surface area contributed by atoms with Crippen LogP contribution in [0.4, 0.5) is 0 Å². The number of nitrogens with one attached hydrogen (secondary N) is 2. The average molecular weight is 359 g/mol. The highest BCUT2D eigenvalue weighted by Gasteiger charge is 2.32. The second-order valence-electron chi connectivity index (χ2n) is 6.72. The second kappa shape index (κ2) is 8.08. The van der Waals surface area contributed by atoms with Crippen molar-refractivity contribution in [3.63, 3.8) is 0 Å². The molecule has 1 aromatic heterocycles. The van der Waals surface area contributed by atoms with Crippen LogP contribution in [0.2, 0.25) is 0 Å². The molecule has 1 aromatic carbocycles. The Balaban J connectivity index is 1.66. The maximum atomic E-state index is 12.5. The van der Waals surface area contributed by atoms with Gasteiger partial charge in [0.1, 0.15) is 10.7 Å². The quantitative estimate of drug-likeness (QED) is 0.832. The van der Waals surface area contributed by atoms with E-state index in [1.54, 1.807) is 7.11 Å². The zero-order chi connectivity index (χ0) is 17.7. The van der Waals surface area contributed by atoms with Crippen LogP contribution in [0, 0.1) is 12.3 Å². The van der Waals surface area contributed by atoms with Gasteiger partial charge in [-0.3, -0.25) is 4.79 Å². The molecule has 0 atom stereocenters. The Bertz CT molecular complexity index is 717. The Hall–Kier alpha value is -1.76. The minimum atomic E-state index is -0.106. The number of carbonyl (C=O) groups is 1. The first kappa shape index (κ1) is 18.0. The molecule has 5 nitrogen and oxygen atoms in total. The van der Waals surface area contributed by atoms with Crippen LogP contribution in [0.25, 0.3) is 10.6 Å². The van der Waals surface area contributed by atoms with Gasteiger partial charge in [-0.25, -0.2) is 4.98 Å². The van der Waals surface area contributed by atoms with Crippen molar-refractivity contribution in [2.24, 2.45) is 5.41 Å². The Morgan fingerprint density at radius 3 is 2.84 bits per heavy atom. The van der Waals surface area contributed by atoms with Gasteiger partial charge in [-0.05, 0) is 38.4 Å². The molecule has 0 aliphatic carbocycles. The summed E-state index contributed by atoms with van der Waals surface area (Å²) in [5, 5.41) is 9.16. The molecule has 1 saturated heterocycles. The number of methoxy groups -OCH3 is 1. The van der Waals surface area contributed by atoms with Crippen molar-refractivity contribution in [3.05, 3.63) is 40.9 Å². The van der Waals surface area contributed by atoms with Gasteiger partial charge in [0.2, 0.25) is 0 Å². The first-order valence-electron chi connectivity index (χ1n) is 8.63. The molecule has 0 spiro atoms. The first-order valence-corrected chi connectivity index (χ1v) is 9.51. The smallest absolute Gasteiger partial charge is 0.270 e. The molecule has 0 saturated carbocycles. The molecule has 25 heavy (non-hydrogen) atoms. The standard InChI is InChI=1S/C19H25N3O2S/c1-14-5-3-4-6-15(14)18-22-16(11-25-18)17(23)21-12-19(13-24-2)7-9-20-10-8-19/h3-6,11,20H,7-10,12-13H2,1-2H3,(H,21,23). The summed E-state index contributed by atoms with van der Waals surface area (Å²) >= 11 is 1.51. The summed E-state index contributed by atoms with van der Waals surface area (Å²) in [4.78, 5) is 17.1. The van der Waals surface area contributed by atoms with E-state index in [1.165, 1.54) is 11.3 Å². The lowest BCUT2D eigenvalue weighted by molar-refractivity contribution is 0.0511. The third-order valence-corrected chi connectivity index (χ3v) is 5.73. The van der Waals surface area contributed by atoms with Crippen LogP contribution in [-0.2, 0) is 4.74 Å². The van der Waals surface area contributed by atoms with Crippen molar-refractivity contribution in [3.8, 4) is 10.6 Å². The molecule has 2 N–H and O–H groups in total. The van der Waals surface area contributed by atoms with Crippen molar-refractivity contribution in [1.82, 2.24) is 15.6 Å². The lowest BCUT2D eigenvalue weighted by Crippen LogP contribution is -2.47. The molecule has 6 heteroatoms. The summed E-state index contributed by atoms with van der Waals surface area (Å²) in [6.45, 7) is 5.28. The number of thiazole rings is 1. The molecule has 1 fully saturated rings. The third-order valence-electron chi connectivity index (χ3n) is 4.85. The van der Waals surface area contributed by atoms with Crippen LogP contribution in [0.3, 0.4) is 0 Å². The summed E-state index contributed by atoms with van der Waals surface area (Å²) in [6, 6.07) is 8.10. The fourth-order valence-corrected chi connectivity index (χ4v) is 4.20. The topological polar surface area (TPSA) is 63.2 Å². The number of amides is 1. The lowest BCUT2D eigenvalue weighted by atomic mass is 9.79. The number of aromatic nitrogens is 1. The highest BCUT2D eigenvalue weighted by Crippen LogP contribution is 2.29. The van der Waals surface area contributed by atoms with Crippen LogP contribution in [0.5, 0.6) is 0 Å². The number of rotatable bonds is 6. The Morgan fingerprint density at radius 2 is 2.12 bits per heavy atom. The van der Waals surface area contributed by atoms with Crippen LogP contribution in [-0.4, -0.2) is 44.2 Å². The molecule has 3 rings (SSSR count). The third kappa shape index (κ3) is 4.26. The van der Waals surface area contributed by atoms with Gasteiger partial charge in [-0.15, -0.1) is 11.3 Å². The van der Waals surface area contributed by atoms with E-state index >= 15 is 0 Å². The van der Waals surface area contributed by atoms with E-state index in [0.717, 1.165) is 42.1 Å². The van der Waals surface area contributed by atoms with Crippen molar-refractivity contribution in [1.29, 1.82) is 0 Å².